The molecule has 0 radical (unpaired) electrons. The van der Waals surface area contributed by atoms with Crippen LogP contribution < -0.4 is 9.62 Å². The van der Waals surface area contributed by atoms with Crippen LogP contribution in [-0.2, 0) is 26.2 Å². The van der Waals surface area contributed by atoms with E-state index in [4.69, 9.17) is 0 Å². The standard InChI is InChI=1S/C34H43N3O4S/c1-5-32(34(39)35-29-15-8-6-9-16-29)36(23-28-14-12-13-25(2)20-28)33(38)24-37(30-21-26(3)19-27(4)22-30)42(40,41)31-17-10-7-11-18-31/h7,10-14,17-22,29,32H,5-6,8-9,15-16,23-24H2,1-4H3,(H,35,39)/t32-/m1/s1. The van der Waals surface area contributed by atoms with Crippen LogP contribution in [0, 0.1) is 20.8 Å². The Bertz CT molecular complexity index is 1460. The Morgan fingerprint density at radius 3 is 2.14 bits per heavy atom. The summed E-state index contributed by atoms with van der Waals surface area (Å²) in [5.41, 5.74) is 4.13. The average Bonchev–Trinajstić information content (AvgIpc) is 2.96. The molecule has 1 fully saturated rings. The first-order valence-corrected chi connectivity index (χ1v) is 16.3. The number of nitrogens with zero attached hydrogens (tertiary/aromatic N) is 2. The van der Waals surface area contributed by atoms with Crippen LogP contribution in [0.2, 0.25) is 0 Å². The van der Waals surface area contributed by atoms with E-state index in [-0.39, 0.29) is 23.4 Å². The zero-order chi connectivity index (χ0) is 30.3. The molecule has 0 bridgehead atoms. The lowest BCUT2D eigenvalue weighted by molar-refractivity contribution is -0.140. The van der Waals surface area contributed by atoms with Crippen molar-refractivity contribution in [3.63, 3.8) is 0 Å². The highest BCUT2D eigenvalue weighted by atomic mass is 32.2. The second-order valence-corrected chi connectivity index (χ2v) is 13.3. The zero-order valence-electron chi connectivity index (χ0n) is 25.2. The predicted molar refractivity (Wildman–Crippen MR) is 168 cm³/mol. The molecule has 0 aromatic heterocycles. The number of nitrogens with one attached hydrogen (secondary N) is 1. The van der Waals surface area contributed by atoms with E-state index >= 15 is 0 Å². The molecule has 0 aliphatic heterocycles. The Morgan fingerprint density at radius 1 is 0.857 bits per heavy atom. The lowest BCUT2D eigenvalue weighted by atomic mass is 9.95. The van der Waals surface area contributed by atoms with E-state index in [0.29, 0.717) is 12.1 Å². The Morgan fingerprint density at radius 2 is 1.52 bits per heavy atom. The molecule has 4 rings (SSSR count). The molecule has 1 N–H and O–H groups in total. The summed E-state index contributed by atoms with van der Waals surface area (Å²) in [6.45, 7) is 7.44. The van der Waals surface area contributed by atoms with Crippen LogP contribution in [0.15, 0.2) is 77.7 Å². The van der Waals surface area contributed by atoms with Gasteiger partial charge in [-0.2, -0.15) is 0 Å². The highest BCUT2D eigenvalue weighted by Crippen LogP contribution is 2.27. The second-order valence-electron chi connectivity index (χ2n) is 11.4. The number of aryl methyl sites for hydroxylation is 3. The van der Waals surface area contributed by atoms with Crippen LogP contribution in [0.25, 0.3) is 0 Å². The maximum atomic E-state index is 14.3. The number of rotatable bonds is 11. The first-order chi connectivity index (χ1) is 20.1. The van der Waals surface area contributed by atoms with Crippen LogP contribution in [0.1, 0.15) is 67.7 Å². The minimum atomic E-state index is -4.09. The normalized spacial score (nSPS) is 14.7. The summed E-state index contributed by atoms with van der Waals surface area (Å²) in [5.74, 6) is -0.616. The Hall–Kier alpha value is -3.65. The largest absolute Gasteiger partial charge is 0.352 e. The number of amides is 2. The first-order valence-electron chi connectivity index (χ1n) is 14.9. The van der Waals surface area contributed by atoms with Crippen molar-refractivity contribution in [2.75, 3.05) is 10.8 Å². The van der Waals surface area contributed by atoms with E-state index in [1.54, 1.807) is 35.2 Å². The molecule has 1 aliphatic rings. The van der Waals surface area contributed by atoms with Gasteiger partial charge in [-0.15, -0.1) is 0 Å². The number of hydrogen-bond acceptors (Lipinski definition) is 4. The van der Waals surface area contributed by atoms with Gasteiger partial charge in [0.1, 0.15) is 12.6 Å². The van der Waals surface area contributed by atoms with Crippen LogP contribution >= 0.6 is 0 Å². The van der Waals surface area contributed by atoms with E-state index in [1.165, 1.54) is 22.9 Å². The zero-order valence-corrected chi connectivity index (χ0v) is 26.0. The summed E-state index contributed by atoms with van der Waals surface area (Å²) in [4.78, 5) is 29.6. The quantitative estimate of drug-likeness (QED) is 0.294. The van der Waals surface area contributed by atoms with Crippen LogP contribution in [0.4, 0.5) is 5.69 Å². The molecule has 224 valence electrons. The van der Waals surface area contributed by atoms with Crippen molar-refractivity contribution < 1.29 is 18.0 Å². The van der Waals surface area contributed by atoms with Gasteiger partial charge in [-0.25, -0.2) is 8.42 Å². The summed E-state index contributed by atoms with van der Waals surface area (Å²) < 4.78 is 29.2. The van der Waals surface area contributed by atoms with Crippen molar-refractivity contribution in [2.45, 2.75) is 89.7 Å². The molecule has 0 heterocycles. The molecule has 42 heavy (non-hydrogen) atoms. The minimum Gasteiger partial charge on any atom is -0.352 e. The molecule has 2 amide bonds. The van der Waals surface area contributed by atoms with Crippen molar-refractivity contribution in [1.29, 1.82) is 0 Å². The fourth-order valence-electron chi connectivity index (χ4n) is 5.81. The smallest absolute Gasteiger partial charge is 0.264 e. The Labute approximate surface area is 251 Å². The third-order valence-electron chi connectivity index (χ3n) is 7.88. The third-order valence-corrected chi connectivity index (χ3v) is 9.67. The van der Waals surface area contributed by atoms with Gasteiger partial charge in [-0.1, -0.05) is 80.3 Å². The van der Waals surface area contributed by atoms with Crippen LogP contribution in [0.3, 0.4) is 0 Å². The van der Waals surface area contributed by atoms with Gasteiger partial charge in [0.2, 0.25) is 11.8 Å². The van der Waals surface area contributed by atoms with Gasteiger partial charge in [-0.3, -0.25) is 13.9 Å². The van der Waals surface area contributed by atoms with Crippen molar-refractivity contribution in [1.82, 2.24) is 10.2 Å². The summed E-state index contributed by atoms with van der Waals surface area (Å²) in [7, 11) is -4.09. The molecule has 0 unspecified atom stereocenters. The van der Waals surface area contributed by atoms with E-state index in [2.05, 4.69) is 5.32 Å². The lowest BCUT2D eigenvalue weighted by Gasteiger charge is -2.34. The second kappa shape index (κ2) is 14.0. The van der Waals surface area contributed by atoms with Crippen molar-refractivity contribution in [3.05, 3.63) is 95.1 Å². The van der Waals surface area contributed by atoms with Gasteiger partial charge in [0, 0.05) is 12.6 Å². The number of hydrogen-bond donors (Lipinski definition) is 1. The molecular formula is C34H43N3O4S. The van der Waals surface area contributed by atoms with Gasteiger partial charge < -0.3 is 10.2 Å². The van der Waals surface area contributed by atoms with Gasteiger partial charge in [-0.05, 0) is 81.0 Å². The lowest BCUT2D eigenvalue weighted by Crippen LogP contribution is -2.54. The SMILES string of the molecule is CC[C@H](C(=O)NC1CCCCC1)N(Cc1cccc(C)c1)C(=O)CN(c1cc(C)cc(C)c1)S(=O)(=O)c1ccccc1. The van der Waals surface area contributed by atoms with Crippen LogP contribution in [0.5, 0.6) is 0 Å². The average molecular weight is 590 g/mol. The monoisotopic (exact) mass is 589 g/mol. The van der Waals surface area contributed by atoms with E-state index in [0.717, 1.165) is 47.9 Å². The summed E-state index contributed by atoms with van der Waals surface area (Å²) in [5, 5.41) is 3.19. The predicted octanol–water partition coefficient (Wildman–Crippen LogP) is 6.06. The molecule has 8 heteroatoms. The minimum absolute atomic E-state index is 0.0986. The number of anilines is 1. The summed E-state index contributed by atoms with van der Waals surface area (Å²) >= 11 is 0. The number of sulfonamides is 1. The summed E-state index contributed by atoms with van der Waals surface area (Å²) in [6, 6.07) is 20.9. The molecular weight excluding hydrogens is 546 g/mol. The van der Waals surface area contributed by atoms with Gasteiger partial charge in [0.15, 0.2) is 0 Å². The Kier molecular flexibility index (Phi) is 10.4. The molecule has 1 saturated carbocycles. The van der Waals surface area contributed by atoms with E-state index in [1.807, 2.05) is 58.0 Å². The van der Waals surface area contributed by atoms with E-state index in [9.17, 15) is 18.0 Å². The maximum absolute atomic E-state index is 14.3. The van der Waals surface area contributed by atoms with Crippen molar-refractivity contribution in [3.8, 4) is 0 Å². The molecule has 7 nitrogen and oxygen atoms in total. The Balaban J connectivity index is 1.72. The third kappa shape index (κ3) is 7.79. The van der Waals surface area contributed by atoms with Crippen LogP contribution in [-0.4, -0.2) is 43.8 Å². The molecule has 3 aromatic rings. The van der Waals surface area contributed by atoms with E-state index < -0.39 is 28.5 Å². The molecule has 0 spiro atoms. The topological polar surface area (TPSA) is 86.8 Å². The molecule has 1 atom stereocenters. The fourth-order valence-corrected chi connectivity index (χ4v) is 7.23. The van der Waals surface area contributed by atoms with Crippen molar-refractivity contribution >= 4 is 27.5 Å². The summed E-state index contributed by atoms with van der Waals surface area (Å²) in [6.07, 6.45) is 5.61. The molecule has 1 aliphatic carbocycles. The first kappa shape index (κ1) is 31.3. The maximum Gasteiger partial charge on any atom is 0.264 e. The van der Waals surface area contributed by atoms with Gasteiger partial charge in [0.05, 0.1) is 10.6 Å². The fraction of sp³-hybridized carbons (Fsp3) is 0.412. The number of benzene rings is 3. The molecule has 3 aromatic carbocycles. The highest BCUT2D eigenvalue weighted by molar-refractivity contribution is 7.92. The molecule has 0 saturated heterocycles. The van der Waals surface area contributed by atoms with Crippen molar-refractivity contribution in [2.24, 2.45) is 0 Å². The van der Waals surface area contributed by atoms with Gasteiger partial charge in [0.25, 0.3) is 10.0 Å². The highest BCUT2D eigenvalue weighted by Gasteiger charge is 2.34. The number of carbonyl (C=O) groups excluding carboxylic acids is 2. The van der Waals surface area contributed by atoms with Gasteiger partial charge >= 0.3 is 0 Å². The number of carbonyl (C=O) groups is 2.